The first-order valence-corrected chi connectivity index (χ1v) is 4.12. The molecule has 0 aliphatic heterocycles. The van der Waals surface area contributed by atoms with Gasteiger partial charge >= 0.3 is 5.97 Å². The summed E-state index contributed by atoms with van der Waals surface area (Å²) in [6.45, 7) is 11.5. The zero-order valence-electron chi connectivity index (χ0n) is 8.35. The first kappa shape index (κ1) is 11.2. The quantitative estimate of drug-likeness (QED) is 0.661. The average molecular weight is 170 g/mol. The van der Waals surface area contributed by atoms with Crippen molar-refractivity contribution < 1.29 is 9.90 Å². The Morgan fingerprint density at radius 3 is 2.00 bits per heavy atom. The lowest BCUT2D eigenvalue weighted by Gasteiger charge is -2.23. The summed E-state index contributed by atoms with van der Waals surface area (Å²) in [6, 6.07) is 0. The number of carboxylic acids is 1. The molecule has 0 aromatic heterocycles. The van der Waals surface area contributed by atoms with Gasteiger partial charge in [-0.3, -0.25) is 4.79 Å². The Morgan fingerprint density at radius 1 is 1.50 bits per heavy atom. The van der Waals surface area contributed by atoms with Gasteiger partial charge in [-0.25, -0.2) is 0 Å². The number of rotatable bonds is 3. The molecule has 2 heteroatoms. The van der Waals surface area contributed by atoms with Crippen molar-refractivity contribution in [3.05, 3.63) is 12.2 Å². The Labute approximate surface area is 74.3 Å². The average Bonchev–Trinajstić information content (AvgIpc) is 1.79. The number of hydrogen-bond donors (Lipinski definition) is 1. The second-order valence-electron chi connectivity index (χ2n) is 4.50. The highest BCUT2D eigenvalue weighted by Gasteiger charge is 2.24. The van der Waals surface area contributed by atoms with Gasteiger partial charge in [0.1, 0.15) is 0 Å². The number of carboxylic acid groups (broad SMARTS) is 1. The maximum atomic E-state index is 10.8. The second kappa shape index (κ2) is 3.74. The molecule has 1 atom stereocenters. The van der Waals surface area contributed by atoms with Crippen molar-refractivity contribution in [1.29, 1.82) is 0 Å². The third kappa shape index (κ3) is 4.16. The Kier molecular flexibility index (Phi) is 3.50. The molecule has 0 aliphatic rings. The SMILES string of the molecule is C=C(C)C(CC(C)(C)C)C(=O)O. The largest absolute Gasteiger partial charge is 0.481 e. The highest BCUT2D eigenvalue weighted by molar-refractivity contribution is 5.73. The summed E-state index contributed by atoms with van der Waals surface area (Å²) < 4.78 is 0. The Balaban J connectivity index is 4.35. The summed E-state index contributed by atoms with van der Waals surface area (Å²) in [7, 11) is 0. The molecule has 12 heavy (non-hydrogen) atoms. The molecule has 1 N–H and O–H groups in total. The molecule has 0 amide bonds. The van der Waals surface area contributed by atoms with Gasteiger partial charge in [0.05, 0.1) is 5.92 Å². The van der Waals surface area contributed by atoms with E-state index in [1.807, 2.05) is 20.8 Å². The van der Waals surface area contributed by atoms with E-state index in [1.165, 1.54) is 0 Å². The third-order valence-electron chi connectivity index (χ3n) is 1.71. The highest BCUT2D eigenvalue weighted by atomic mass is 16.4. The summed E-state index contributed by atoms with van der Waals surface area (Å²) in [6.07, 6.45) is 0.650. The van der Waals surface area contributed by atoms with E-state index in [0.29, 0.717) is 6.42 Å². The van der Waals surface area contributed by atoms with Crippen molar-refractivity contribution in [2.45, 2.75) is 34.1 Å². The lowest BCUT2D eigenvalue weighted by Crippen LogP contribution is -2.21. The topological polar surface area (TPSA) is 37.3 Å². The molecule has 0 bridgehead atoms. The van der Waals surface area contributed by atoms with E-state index < -0.39 is 11.9 Å². The van der Waals surface area contributed by atoms with Gasteiger partial charge < -0.3 is 5.11 Å². The van der Waals surface area contributed by atoms with Crippen molar-refractivity contribution in [3.63, 3.8) is 0 Å². The Bertz CT molecular complexity index is 173. The van der Waals surface area contributed by atoms with Crippen LogP contribution < -0.4 is 0 Å². The van der Waals surface area contributed by atoms with Crippen LogP contribution in [0.25, 0.3) is 0 Å². The fourth-order valence-corrected chi connectivity index (χ4v) is 1.08. The third-order valence-corrected chi connectivity index (χ3v) is 1.71. The Hall–Kier alpha value is -0.790. The summed E-state index contributed by atoms with van der Waals surface area (Å²) in [4.78, 5) is 10.8. The molecule has 0 saturated heterocycles. The van der Waals surface area contributed by atoms with Crippen LogP contribution in [0.2, 0.25) is 0 Å². The van der Waals surface area contributed by atoms with Crippen LogP contribution in [0.5, 0.6) is 0 Å². The summed E-state index contributed by atoms with van der Waals surface area (Å²) in [5, 5.41) is 8.85. The molecule has 1 unspecified atom stereocenters. The first-order chi connectivity index (χ1) is 5.24. The van der Waals surface area contributed by atoms with Gasteiger partial charge in [0.25, 0.3) is 0 Å². The van der Waals surface area contributed by atoms with E-state index in [-0.39, 0.29) is 5.41 Å². The van der Waals surface area contributed by atoms with Crippen LogP contribution in [0.4, 0.5) is 0 Å². The van der Waals surface area contributed by atoms with Gasteiger partial charge in [-0.1, -0.05) is 32.9 Å². The molecule has 0 radical (unpaired) electrons. The molecule has 0 aromatic rings. The van der Waals surface area contributed by atoms with Crippen LogP contribution in [0.15, 0.2) is 12.2 Å². The van der Waals surface area contributed by atoms with Crippen molar-refractivity contribution in [2.75, 3.05) is 0 Å². The standard InChI is InChI=1S/C10H18O2/c1-7(2)8(9(11)12)6-10(3,4)5/h8H,1,6H2,2-5H3,(H,11,12). The molecule has 0 heterocycles. The van der Waals surface area contributed by atoms with Crippen molar-refractivity contribution >= 4 is 5.97 Å². The predicted octanol–water partition coefficient (Wildman–Crippen LogP) is 2.70. The van der Waals surface area contributed by atoms with Crippen LogP contribution in [-0.4, -0.2) is 11.1 Å². The van der Waals surface area contributed by atoms with E-state index in [0.717, 1.165) is 5.57 Å². The van der Waals surface area contributed by atoms with Gasteiger partial charge in [0.2, 0.25) is 0 Å². The van der Waals surface area contributed by atoms with Crippen LogP contribution in [0, 0.1) is 11.3 Å². The lowest BCUT2D eigenvalue weighted by atomic mass is 9.82. The van der Waals surface area contributed by atoms with E-state index in [9.17, 15) is 4.79 Å². The minimum Gasteiger partial charge on any atom is -0.481 e. The summed E-state index contributed by atoms with van der Waals surface area (Å²) in [5.41, 5.74) is 0.777. The zero-order valence-corrected chi connectivity index (χ0v) is 8.35. The van der Waals surface area contributed by atoms with Gasteiger partial charge in [-0.2, -0.15) is 0 Å². The lowest BCUT2D eigenvalue weighted by molar-refractivity contribution is -0.141. The maximum Gasteiger partial charge on any atom is 0.310 e. The van der Waals surface area contributed by atoms with Gasteiger partial charge in [-0.05, 0) is 18.8 Å². The molecule has 0 spiro atoms. The van der Waals surface area contributed by atoms with E-state index in [2.05, 4.69) is 6.58 Å². The van der Waals surface area contributed by atoms with E-state index >= 15 is 0 Å². The highest BCUT2D eigenvalue weighted by Crippen LogP contribution is 2.27. The summed E-state index contributed by atoms with van der Waals surface area (Å²) in [5.74, 6) is -1.16. The van der Waals surface area contributed by atoms with Crippen LogP contribution in [0.3, 0.4) is 0 Å². The fourth-order valence-electron chi connectivity index (χ4n) is 1.08. The molecule has 0 aliphatic carbocycles. The maximum absolute atomic E-state index is 10.8. The van der Waals surface area contributed by atoms with Gasteiger partial charge in [0, 0.05) is 0 Å². The molecular weight excluding hydrogens is 152 g/mol. The molecule has 0 aromatic carbocycles. The summed E-state index contributed by atoms with van der Waals surface area (Å²) >= 11 is 0. The monoisotopic (exact) mass is 170 g/mol. The molecular formula is C10H18O2. The van der Waals surface area contributed by atoms with Crippen LogP contribution in [-0.2, 0) is 4.79 Å². The molecule has 0 saturated carbocycles. The van der Waals surface area contributed by atoms with Gasteiger partial charge in [-0.15, -0.1) is 0 Å². The predicted molar refractivity (Wildman–Crippen MR) is 50.0 cm³/mol. The number of carbonyl (C=O) groups is 1. The minimum absolute atomic E-state index is 0.0437. The van der Waals surface area contributed by atoms with Crippen molar-refractivity contribution in [2.24, 2.45) is 11.3 Å². The fraction of sp³-hybridized carbons (Fsp3) is 0.700. The number of hydrogen-bond acceptors (Lipinski definition) is 1. The van der Waals surface area contributed by atoms with Crippen LogP contribution in [0.1, 0.15) is 34.1 Å². The zero-order chi connectivity index (χ0) is 9.94. The van der Waals surface area contributed by atoms with E-state index in [1.54, 1.807) is 6.92 Å². The molecule has 70 valence electrons. The molecule has 0 fully saturated rings. The normalized spacial score (nSPS) is 14.0. The van der Waals surface area contributed by atoms with Gasteiger partial charge in [0.15, 0.2) is 0 Å². The second-order valence-corrected chi connectivity index (χ2v) is 4.50. The minimum atomic E-state index is -0.766. The van der Waals surface area contributed by atoms with E-state index in [4.69, 9.17) is 5.11 Å². The Morgan fingerprint density at radius 2 is 1.92 bits per heavy atom. The van der Waals surface area contributed by atoms with Crippen molar-refractivity contribution in [3.8, 4) is 0 Å². The smallest absolute Gasteiger partial charge is 0.310 e. The van der Waals surface area contributed by atoms with Crippen LogP contribution >= 0.6 is 0 Å². The number of aliphatic carboxylic acids is 1. The molecule has 0 rings (SSSR count). The first-order valence-electron chi connectivity index (χ1n) is 4.12. The molecule has 2 nitrogen and oxygen atoms in total. The van der Waals surface area contributed by atoms with Crippen molar-refractivity contribution in [1.82, 2.24) is 0 Å².